The summed E-state index contributed by atoms with van der Waals surface area (Å²) in [5.74, 6) is 0.506. The minimum absolute atomic E-state index is 0. The van der Waals surface area contributed by atoms with Crippen LogP contribution in [0.3, 0.4) is 0 Å². The summed E-state index contributed by atoms with van der Waals surface area (Å²) in [5.41, 5.74) is 2.43. The number of carbonyl (C=O) groups is 1. The zero-order chi connectivity index (χ0) is 19.4. The van der Waals surface area contributed by atoms with Crippen LogP contribution in [-0.2, 0) is 11.8 Å². The van der Waals surface area contributed by atoms with Gasteiger partial charge in [-0.2, -0.15) is 14.6 Å². The van der Waals surface area contributed by atoms with Crippen LogP contribution < -0.4 is 4.74 Å². The molecule has 5 rings (SSSR count). The molecular weight excluding hydrogens is 371 g/mol. The van der Waals surface area contributed by atoms with E-state index in [1.807, 2.05) is 36.1 Å². The average molecular weight is 398 g/mol. The van der Waals surface area contributed by atoms with E-state index in [0.717, 1.165) is 30.4 Å². The van der Waals surface area contributed by atoms with E-state index in [2.05, 4.69) is 10.2 Å². The molecule has 2 saturated carbocycles. The topological polar surface area (TPSA) is 61.9 Å². The van der Waals surface area contributed by atoms with Gasteiger partial charge in [-0.05, 0) is 43.9 Å². The van der Waals surface area contributed by atoms with E-state index >= 15 is 0 Å². The maximum Gasteiger partial charge on any atom is 0.222 e. The molecule has 29 heavy (non-hydrogen) atoms. The lowest BCUT2D eigenvalue weighted by atomic mass is 10.0. The Hall–Kier alpha value is -2.70. The first-order valence-corrected chi connectivity index (χ1v) is 9.88. The third kappa shape index (κ3) is 3.54. The van der Waals surface area contributed by atoms with Gasteiger partial charge >= 0.3 is 0 Å². The molecule has 7 heteroatoms. The molecule has 2 aromatic heterocycles. The van der Waals surface area contributed by atoms with Crippen LogP contribution in [0.4, 0.5) is 4.39 Å². The summed E-state index contributed by atoms with van der Waals surface area (Å²) in [6, 6.07) is 4.25. The fourth-order valence-corrected chi connectivity index (χ4v) is 4.08. The van der Waals surface area contributed by atoms with Crippen molar-refractivity contribution in [1.82, 2.24) is 19.6 Å². The van der Waals surface area contributed by atoms with E-state index in [-0.39, 0.29) is 25.2 Å². The highest BCUT2D eigenvalue weighted by Gasteiger charge is 2.29. The van der Waals surface area contributed by atoms with Crippen LogP contribution in [0.1, 0.15) is 52.5 Å². The van der Waals surface area contributed by atoms with E-state index in [1.54, 1.807) is 7.05 Å². The zero-order valence-electron chi connectivity index (χ0n) is 16.1. The van der Waals surface area contributed by atoms with Gasteiger partial charge in [-0.1, -0.05) is 7.43 Å². The highest BCUT2D eigenvalue weighted by molar-refractivity contribution is 5.90. The quantitative estimate of drug-likeness (QED) is 0.626. The summed E-state index contributed by atoms with van der Waals surface area (Å²) >= 11 is 0. The molecule has 2 aliphatic carbocycles. The van der Waals surface area contributed by atoms with Gasteiger partial charge in [0.15, 0.2) is 0 Å². The van der Waals surface area contributed by atoms with Crippen LogP contribution >= 0.6 is 0 Å². The van der Waals surface area contributed by atoms with Gasteiger partial charge in [-0.3, -0.25) is 9.48 Å². The van der Waals surface area contributed by atoms with Gasteiger partial charge < -0.3 is 4.74 Å². The Kier molecular flexibility index (Phi) is 4.92. The third-order valence-corrected chi connectivity index (χ3v) is 5.95. The number of fused-ring (bicyclic) bond motifs is 1. The first kappa shape index (κ1) is 19.6. The standard InChI is InChI=1S/C21H23FN4O2.CH4/c1-12(13-3-6-17(27)7-13)28-19-9-14(8-18-20(19)21(22)25(2)24-18)15-10-23-26(11-15)16-4-5-16;/h8-13,16H,3-7H2,1-2H3;1H4/t12-,13+;/m1./s1. The van der Waals surface area contributed by atoms with Crippen molar-refractivity contribution >= 4 is 16.7 Å². The van der Waals surface area contributed by atoms with Gasteiger partial charge in [0.1, 0.15) is 11.5 Å². The molecule has 0 amide bonds. The Balaban J connectivity index is 0.00000205. The van der Waals surface area contributed by atoms with Gasteiger partial charge in [0, 0.05) is 37.6 Å². The summed E-state index contributed by atoms with van der Waals surface area (Å²) < 4.78 is 24.1. The minimum atomic E-state index is -0.417. The first-order valence-electron chi connectivity index (χ1n) is 9.88. The first-order chi connectivity index (χ1) is 13.5. The normalized spacial score (nSPS) is 20.1. The molecule has 2 atom stereocenters. The fraction of sp³-hybridized carbons (Fsp3) is 0.500. The number of halogens is 1. The Morgan fingerprint density at radius 1 is 1.24 bits per heavy atom. The smallest absolute Gasteiger partial charge is 0.222 e. The van der Waals surface area contributed by atoms with Crippen LogP contribution in [0.5, 0.6) is 5.75 Å². The minimum Gasteiger partial charge on any atom is -0.490 e. The number of rotatable bonds is 5. The van der Waals surface area contributed by atoms with Crippen LogP contribution in [0.2, 0.25) is 0 Å². The molecule has 0 unspecified atom stereocenters. The monoisotopic (exact) mass is 398 g/mol. The number of hydrogen-bond donors (Lipinski definition) is 0. The molecule has 154 valence electrons. The highest BCUT2D eigenvalue weighted by atomic mass is 19.1. The van der Waals surface area contributed by atoms with E-state index < -0.39 is 5.95 Å². The molecule has 0 saturated heterocycles. The van der Waals surface area contributed by atoms with Crippen LogP contribution in [-0.4, -0.2) is 31.4 Å². The predicted octanol–water partition coefficient (Wildman–Crippen LogP) is 4.68. The number of hydrogen-bond acceptors (Lipinski definition) is 4. The Morgan fingerprint density at radius 3 is 2.72 bits per heavy atom. The number of benzene rings is 1. The van der Waals surface area contributed by atoms with E-state index in [9.17, 15) is 9.18 Å². The Labute approximate surface area is 169 Å². The lowest BCUT2D eigenvalue weighted by Crippen LogP contribution is -2.22. The summed E-state index contributed by atoms with van der Waals surface area (Å²) in [6.45, 7) is 1.96. The Morgan fingerprint density at radius 2 is 2.03 bits per heavy atom. The summed E-state index contributed by atoms with van der Waals surface area (Å²) in [7, 11) is 1.59. The van der Waals surface area contributed by atoms with Crippen LogP contribution in [0, 0.1) is 11.9 Å². The number of ketones is 1. The van der Waals surface area contributed by atoms with Crippen LogP contribution in [0.15, 0.2) is 24.5 Å². The lowest BCUT2D eigenvalue weighted by Gasteiger charge is -2.21. The summed E-state index contributed by atoms with van der Waals surface area (Å²) in [6.07, 6.45) is 7.99. The molecule has 2 fully saturated rings. The molecule has 0 N–H and O–H groups in total. The third-order valence-electron chi connectivity index (χ3n) is 5.95. The second-order valence-corrected chi connectivity index (χ2v) is 8.09. The molecule has 2 heterocycles. The van der Waals surface area contributed by atoms with Crippen molar-refractivity contribution in [3.05, 3.63) is 30.5 Å². The van der Waals surface area contributed by atoms with Gasteiger partial charge in [0.2, 0.25) is 5.95 Å². The predicted molar refractivity (Wildman–Crippen MR) is 109 cm³/mol. The number of carbonyl (C=O) groups excluding carboxylic acids is 1. The maximum atomic E-state index is 14.7. The summed E-state index contributed by atoms with van der Waals surface area (Å²) in [4.78, 5) is 11.6. The van der Waals surface area contributed by atoms with Gasteiger partial charge in [0.25, 0.3) is 0 Å². The molecule has 6 nitrogen and oxygen atoms in total. The second kappa shape index (κ2) is 7.28. The number of ether oxygens (including phenoxy) is 1. The van der Waals surface area contributed by atoms with Gasteiger partial charge in [-0.15, -0.1) is 0 Å². The van der Waals surface area contributed by atoms with Crippen molar-refractivity contribution in [1.29, 1.82) is 0 Å². The second-order valence-electron chi connectivity index (χ2n) is 8.09. The average Bonchev–Trinajstić information content (AvgIpc) is 3.09. The zero-order valence-corrected chi connectivity index (χ0v) is 16.1. The van der Waals surface area contributed by atoms with E-state index in [1.165, 1.54) is 4.68 Å². The van der Waals surface area contributed by atoms with Crippen molar-refractivity contribution in [2.45, 2.75) is 58.6 Å². The molecule has 0 aliphatic heterocycles. The van der Waals surface area contributed by atoms with Crippen molar-refractivity contribution in [3.8, 4) is 16.9 Å². The van der Waals surface area contributed by atoms with Crippen LogP contribution in [0.25, 0.3) is 22.0 Å². The number of Topliss-reactive ketones (excluding diaryl/α,β-unsaturated/α-hetero) is 1. The van der Waals surface area contributed by atoms with Crippen molar-refractivity contribution in [2.75, 3.05) is 0 Å². The Bertz CT molecular complexity index is 1070. The fourth-order valence-electron chi connectivity index (χ4n) is 4.08. The number of nitrogens with zero attached hydrogens (tertiary/aromatic N) is 4. The summed E-state index contributed by atoms with van der Waals surface area (Å²) in [5, 5.41) is 9.16. The van der Waals surface area contributed by atoms with E-state index in [0.29, 0.717) is 35.5 Å². The number of aromatic nitrogens is 4. The molecule has 3 aromatic rings. The van der Waals surface area contributed by atoms with Gasteiger partial charge in [-0.25, -0.2) is 4.68 Å². The SMILES string of the molecule is C.C[C@@H](Oc1cc(-c2cnn(C3CC3)c2)cc2nn(C)c(F)c12)[C@H]1CCC(=O)C1. The molecular formula is C22H27FN4O2. The number of aryl methyl sites for hydroxylation is 1. The van der Waals surface area contributed by atoms with Crippen molar-refractivity contribution in [2.24, 2.45) is 13.0 Å². The molecule has 0 radical (unpaired) electrons. The van der Waals surface area contributed by atoms with Crippen molar-refractivity contribution < 1.29 is 13.9 Å². The largest absolute Gasteiger partial charge is 0.490 e. The molecule has 1 aromatic carbocycles. The molecule has 0 bridgehead atoms. The molecule has 2 aliphatic rings. The highest BCUT2D eigenvalue weighted by Crippen LogP contribution is 2.38. The maximum absolute atomic E-state index is 14.7. The van der Waals surface area contributed by atoms with Crippen molar-refractivity contribution in [3.63, 3.8) is 0 Å². The van der Waals surface area contributed by atoms with E-state index in [4.69, 9.17) is 4.74 Å². The van der Waals surface area contributed by atoms with Gasteiger partial charge in [0.05, 0.1) is 29.2 Å². The lowest BCUT2D eigenvalue weighted by molar-refractivity contribution is -0.117. The molecule has 0 spiro atoms.